The second-order valence-electron chi connectivity index (χ2n) is 4.94. The second kappa shape index (κ2) is 5.30. The Hall–Kier alpha value is -2.04. The van der Waals surface area contributed by atoms with Gasteiger partial charge in [-0.3, -0.25) is 9.59 Å². The summed E-state index contributed by atoms with van der Waals surface area (Å²) in [6.45, 7) is 2.54. The first-order chi connectivity index (χ1) is 8.99. The van der Waals surface area contributed by atoms with Gasteiger partial charge in [0.15, 0.2) is 0 Å². The Kier molecular flexibility index (Phi) is 3.74. The second-order valence-corrected chi connectivity index (χ2v) is 4.94. The van der Waals surface area contributed by atoms with Crippen LogP contribution in [0.3, 0.4) is 0 Å². The topological polar surface area (TPSA) is 52.7 Å². The molecule has 1 aliphatic rings. The number of carbonyl (C=O) groups is 2. The summed E-state index contributed by atoms with van der Waals surface area (Å²) in [5.74, 6) is -0.143. The van der Waals surface area contributed by atoms with E-state index in [9.17, 15) is 9.59 Å². The van der Waals surface area contributed by atoms with E-state index in [-0.39, 0.29) is 18.4 Å². The maximum absolute atomic E-state index is 12.0. The lowest BCUT2D eigenvalue weighted by molar-refractivity contribution is -0.123. The average Bonchev–Trinajstić information content (AvgIpc) is 2.53. The Morgan fingerprint density at radius 3 is 2.68 bits per heavy atom. The summed E-state index contributed by atoms with van der Waals surface area (Å²) >= 11 is 0. The zero-order valence-corrected chi connectivity index (χ0v) is 11.6. The Labute approximate surface area is 113 Å². The Balaban J connectivity index is 2.32. The number of nitrogens with one attached hydrogen (secondary N) is 1. The zero-order valence-electron chi connectivity index (χ0n) is 11.6. The molecule has 5 nitrogen and oxygen atoms in total. The normalized spacial score (nSPS) is 16.1. The minimum atomic E-state index is -0.0733. The van der Waals surface area contributed by atoms with E-state index < -0.39 is 0 Å². The monoisotopic (exact) mass is 261 g/mol. The summed E-state index contributed by atoms with van der Waals surface area (Å²) < 4.78 is 0. The number of rotatable bonds is 2. The van der Waals surface area contributed by atoms with E-state index in [1.807, 2.05) is 44.1 Å². The molecular formula is C14H19N3O2. The van der Waals surface area contributed by atoms with E-state index >= 15 is 0 Å². The molecule has 0 bridgehead atoms. The van der Waals surface area contributed by atoms with Gasteiger partial charge in [0, 0.05) is 38.4 Å². The van der Waals surface area contributed by atoms with Crippen molar-refractivity contribution >= 4 is 23.2 Å². The summed E-state index contributed by atoms with van der Waals surface area (Å²) in [6, 6.07) is 5.91. The minimum absolute atomic E-state index is 0.0700. The van der Waals surface area contributed by atoms with E-state index in [2.05, 4.69) is 5.32 Å². The van der Waals surface area contributed by atoms with Gasteiger partial charge in [0.1, 0.15) is 0 Å². The average molecular weight is 261 g/mol. The smallest absolute Gasteiger partial charge is 0.246 e. The molecule has 1 saturated heterocycles. The van der Waals surface area contributed by atoms with Crippen molar-refractivity contribution in [3.63, 3.8) is 0 Å². The van der Waals surface area contributed by atoms with Crippen molar-refractivity contribution in [2.75, 3.05) is 37.0 Å². The van der Waals surface area contributed by atoms with Crippen LogP contribution in [0.4, 0.5) is 11.4 Å². The maximum Gasteiger partial charge on any atom is 0.246 e. The lowest BCUT2D eigenvalue weighted by Gasteiger charge is -2.23. The molecule has 0 unspecified atom stereocenters. The first-order valence-electron chi connectivity index (χ1n) is 6.34. The largest absolute Gasteiger partial charge is 0.377 e. The van der Waals surface area contributed by atoms with E-state index in [1.165, 1.54) is 0 Å². The third-order valence-corrected chi connectivity index (χ3v) is 3.29. The van der Waals surface area contributed by atoms with Crippen LogP contribution in [0, 0.1) is 6.92 Å². The number of aryl methyl sites for hydroxylation is 1. The number of hydrogen-bond acceptors (Lipinski definition) is 3. The quantitative estimate of drug-likeness (QED) is 0.861. The highest BCUT2D eigenvalue weighted by molar-refractivity contribution is 5.99. The van der Waals surface area contributed by atoms with E-state index in [0.29, 0.717) is 13.0 Å². The van der Waals surface area contributed by atoms with Crippen molar-refractivity contribution in [1.82, 2.24) is 5.32 Å². The van der Waals surface area contributed by atoms with Gasteiger partial charge in [-0.15, -0.1) is 0 Å². The van der Waals surface area contributed by atoms with Gasteiger partial charge in [-0.05, 0) is 24.6 Å². The number of amides is 2. The molecule has 1 N–H and O–H groups in total. The molecule has 19 heavy (non-hydrogen) atoms. The van der Waals surface area contributed by atoms with Crippen LogP contribution in [0.1, 0.15) is 12.0 Å². The molecule has 1 aromatic rings. The van der Waals surface area contributed by atoms with Crippen molar-refractivity contribution in [2.24, 2.45) is 0 Å². The lowest BCUT2D eigenvalue weighted by Crippen LogP contribution is -2.35. The summed E-state index contributed by atoms with van der Waals surface area (Å²) in [7, 11) is 3.95. The highest BCUT2D eigenvalue weighted by atomic mass is 16.2. The van der Waals surface area contributed by atoms with Crippen molar-refractivity contribution in [1.29, 1.82) is 0 Å². The Morgan fingerprint density at radius 2 is 2.00 bits per heavy atom. The van der Waals surface area contributed by atoms with Gasteiger partial charge in [0.25, 0.3) is 0 Å². The van der Waals surface area contributed by atoms with Crippen LogP contribution in [0.25, 0.3) is 0 Å². The van der Waals surface area contributed by atoms with Crippen LogP contribution in [0.5, 0.6) is 0 Å². The SMILES string of the molecule is Cc1ccc(N2CCC(=O)NCC2=O)cc1N(C)C. The van der Waals surface area contributed by atoms with Gasteiger partial charge in [0.2, 0.25) is 11.8 Å². The third-order valence-electron chi connectivity index (χ3n) is 3.29. The van der Waals surface area contributed by atoms with Crippen LogP contribution in [-0.4, -0.2) is 39.0 Å². The minimum Gasteiger partial charge on any atom is -0.377 e. The van der Waals surface area contributed by atoms with E-state index in [4.69, 9.17) is 0 Å². The van der Waals surface area contributed by atoms with Gasteiger partial charge < -0.3 is 15.1 Å². The van der Waals surface area contributed by atoms with E-state index in [0.717, 1.165) is 16.9 Å². The number of hydrogen-bond donors (Lipinski definition) is 1. The first-order valence-corrected chi connectivity index (χ1v) is 6.34. The molecule has 102 valence electrons. The standard InChI is InChI=1S/C14H19N3O2/c1-10-4-5-11(8-12(10)16(2)3)17-7-6-13(18)15-9-14(17)19/h4-5,8H,6-7,9H2,1-3H3,(H,15,18). The van der Waals surface area contributed by atoms with Crippen molar-refractivity contribution in [2.45, 2.75) is 13.3 Å². The highest BCUT2D eigenvalue weighted by Gasteiger charge is 2.21. The lowest BCUT2D eigenvalue weighted by atomic mass is 10.1. The van der Waals surface area contributed by atoms with Crippen LogP contribution >= 0.6 is 0 Å². The molecule has 0 radical (unpaired) electrons. The molecule has 1 heterocycles. The fourth-order valence-electron chi connectivity index (χ4n) is 2.22. The molecule has 0 saturated carbocycles. The fourth-order valence-corrected chi connectivity index (χ4v) is 2.22. The van der Waals surface area contributed by atoms with Gasteiger partial charge in [-0.2, -0.15) is 0 Å². The summed E-state index contributed by atoms with van der Waals surface area (Å²) in [5.41, 5.74) is 3.08. The molecule has 2 amide bonds. The summed E-state index contributed by atoms with van der Waals surface area (Å²) in [6.07, 6.45) is 0.344. The molecule has 5 heteroatoms. The van der Waals surface area contributed by atoms with Gasteiger partial charge in [-0.25, -0.2) is 0 Å². The van der Waals surface area contributed by atoms with Crippen LogP contribution in [0.2, 0.25) is 0 Å². The summed E-state index contributed by atoms with van der Waals surface area (Å²) in [5, 5.41) is 2.60. The predicted molar refractivity (Wildman–Crippen MR) is 75.5 cm³/mol. The third kappa shape index (κ3) is 2.86. The van der Waals surface area contributed by atoms with Crippen molar-refractivity contribution in [3.05, 3.63) is 23.8 Å². The van der Waals surface area contributed by atoms with Gasteiger partial charge in [0.05, 0.1) is 6.54 Å². The van der Waals surface area contributed by atoms with Crippen molar-refractivity contribution in [3.8, 4) is 0 Å². The molecular weight excluding hydrogens is 242 g/mol. The predicted octanol–water partition coefficient (Wildman–Crippen LogP) is 0.914. The van der Waals surface area contributed by atoms with Crippen LogP contribution < -0.4 is 15.1 Å². The maximum atomic E-state index is 12.0. The molecule has 0 atom stereocenters. The highest BCUT2D eigenvalue weighted by Crippen LogP contribution is 2.25. The Bertz CT molecular complexity index is 511. The molecule has 1 fully saturated rings. The number of anilines is 2. The van der Waals surface area contributed by atoms with Crippen LogP contribution in [-0.2, 0) is 9.59 Å². The van der Waals surface area contributed by atoms with Crippen molar-refractivity contribution < 1.29 is 9.59 Å². The van der Waals surface area contributed by atoms with E-state index in [1.54, 1.807) is 4.90 Å². The Morgan fingerprint density at radius 1 is 1.26 bits per heavy atom. The zero-order chi connectivity index (χ0) is 14.0. The fraction of sp³-hybridized carbons (Fsp3) is 0.429. The molecule has 1 aromatic carbocycles. The number of carbonyl (C=O) groups excluding carboxylic acids is 2. The molecule has 2 rings (SSSR count). The molecule has 0 spiro atoms. The number of benzene rings is 1. The molecule has 1 aliphatic heterocycles. The van der Waals surface area contributed by atoms with Gasteiger partial charge >= 0.3 is 0 Å². The number of nitrogens with zero attached hydrogens (tertiary/aromatic N) is 2. The molecule has 0 aliphatic carbocycles. The van der Waals surface area contributed by atoms with Gasteiger partial charge in [-0.1, -0.05) is 6.07 Å². The summed E-state index contributed by atoms with van der Waals surface area (Å²) in [4.78, 5) is 27.0. The molecule has 0 aromatic heterocycles. The first kappa shape index (κ1) is 13.4. The van der Waals surface area contributed by atoms with Crippen LogP contribution in [0.15, 0.2) is 18.2 Å².